The van der Waals surface area contributed by atoms with Gasteiger partial charge in [0.25, 0.3) is 0 Å². The normalized spacial score (nSPS) is 25.0. The Kier molecular flexibility index (Phi) is 5.68. The Morgan fingerprint density at radius 2 is 1.96 bits per heavy atom. The van der Waals surface area contributed by atoms with Gasteiger partial charge in [0.1, 0.15) is 0 Å². The molecule has 3 rings (SSSR count). The van der Waals surface area contributed by atoms with Crippen LogP contribution in [0.2, 0.25) is 0 Å². The van der Waals surface area contributed by atoms with Gasteiger partial charge in [0, 0.05) is 32.2 Å². The fourth-order valence-corrected chi connectivity index (χ4v) is 3.62. The number of para-hydroxylation sites is 1. The monoisotopic (exact) mass is 336 g/mol. The second-order valence-corrected chi connectivity index (χ2v) is 6.51. The molecule has 2 unspecified atom stereocenters. The van der Waals surface area contributed by atoms with Gasteiger partial charge in [-0.05, 0) is 31.4 Å². The van der Waals surface area contributed by atoms with E-state index in [1.54, 1.807) is 18.2 Å². The summed E-state index contributed by atoms with van der Waals surface area (Å²) in [5.41, 5.74) is 0. The molecule has 24 heavy (non-hydrogen) atoms. The average molecular weight is 336 g/mol. The summed E-state index contributed by atoms with van der Waals surface area (Å²) < 4.78 is 18.8. The van der Waals surface area contributed by atoms with Gasteiger partial charge in [-0.2, -0.15) is 0 Å². The van der Waals surface area contributed by atoms with Gasteiger partial charge in [0.15, 0.2) is 11.6 Å². The van der Waals surface area contributed by atoms with Gasteiger partial charge < -0.3 is 14.7 Å². The molecule has 132 valence electrons. The van der Waals surface area contributed by atoms with Crippen molar-refractivity contribution in [1.82, 2.24) is 9.80 Å². The molecule has 0 aromatic heterocycles. The van der Waals surface area contributed by atoms with Crippen LogP contribution in [0.5, 0.6) is 5.75 Å². The molecule has 0 spiro atoms. The van der Waals surface area contributed by atoms with Crippen molar-refractivity contribution < 1.29 is 19.0 Å². The van der Waals surface area contributed by atoms with Crippen LogP contribution in [0.15, 0.2) is 24.3 Å². The molecule has 1 saturated heterocycles. The van der Waals surface area contributed by atoms with Crippen molar-refractivity contribution in [2.24, 2.45) is 0 Å². The number of piperazine rings is 1. The topological polar surface area (TPSA) is 53.0 Å². The summed E-state index contributed by atoms with van der Waals surface area (Å²) in [6.07, 6.45) is 3.04. The Balaban J connectivity index is 1.40. The minimum absolute atomic E-state index is 0.0398. The fraction of sp³-hybridized carbons (Fsp3) is 0.611. The number of aliphatic hydroxyl groups excluding tert-OH is 1. The summed E-state index contributed by atoms with van der Waals surface area (Å²) in [5, 5.41) is 9.99. The summed E-state index contributed by atoms with van der Waals surface area (Å²) >= 11 is 0. The molecule has 6 heteroatoms. The molecule has 1 aliphatic carbocycles. The van der Waals surface area contributed by atoms with Crippen molar-refractivity contribution in [3.05, 3.63) is 30.1 Å². The Hall–Kier alpha value is -1.66. The van der Waals surface area contributed by atoms with Crippen LogP contribution in [-0.2, 0) is 4.79 Å². The number of nitrogens with zero attached hydrogens (tertiary/aromatic N) is 2. The Bertz CT molecular complexity index is 561. The number of hydrogen-bond acceptors (Lipinski definition) is 4. The maximum atomic E-state index is 13.4. The van der Waals surface area contributed by atoms with Crippen LogP contribution in [0.25, 0.3) is 0 Å². The molecule has 2 fully saturated rings. The van der Waals surface area contributed by atoms with Gasteiger partial charge in [0.05, 0.1) is 19.1 Å². The lowest BCUT2D eigenvalue weighted by atomic mass is 10.1. The van der Waals surface area contributed by atoms with Gasteiger partial charge >= 0.3 is 0 Å². The van der Waals surface area contributed by atoms with Crippen molar-refractivity contribution in [2.45, 2.75) is 37.8 Å². The zero-order chi connectivity index (χ0) is 16.9. The SMILES string of the molecule is O=C(CCOc1ccccc1F)N1CCN(C2CCCC2O)CC1. The van der Waals surface area contributed by atoms with Gasteiger partial charge in [0.2, 0.25) is 5.91 Å². The van der Waals surface area contributed by atoms with Crippen LogP contribution in [0.3, 0.4) is 0 Å². The highest BCUT2D eigenvalue weighted by Gasteiger charge is 2.33. The van der Waals surface area contributed by atoms with E-state index in [0.717, 1.165) is 32.4 Å². The molecule has 1 amide bonds. The smallest absolute Gasteiger partial charge is 0.226 e. The maximum absolute atomic E-state index is 13.4. The summed E-state index contributed by atoms with van der Waals surface area (Å²) in [6, 6.07) is 6.47. The Morgan fingerprint density at radius 3 is 2.62 bits per heavy atom. The number of ether oxygens (including phenoxy) is 1. The number of aliphatic hydroxyl groups is 1. The molecule has 1 saturated carbocycles. The zero-order valence-corrected chi connectivity index (χ0v) is 13.9. The standard InChI is InChI=1S/C18H25FN2O3/c19-14-4-1-2-7-17(14)24-13-8-18(23)21-11-9-20(10-12-21)15-5-3-6-16(15)22/h1-2,4,7,15-16,22H,3,5-6,8-13H2. The number of hydrogen-bond donors (Lipinski definition) is 1. The lowest BCUT2D eigenvalue weighted by Crippen LogP contribution is -2.53. The molecule has 2 atom stereocenters. The number of carbonyl (C=O) groups excluding carboxylic acids is 1. The largest absolute Gasteiger partial charge is 0.490 e. The van der Waals surface area contributed by atoms with Crippen LogP contribution in [0.4, 0.5) is 4.39 Å². The van der Waals surface area contributed by atoms with Gasteiger partial charge in [-0.15, -0.1) is 0 Å². The third-order valence-corrected chi connectivity index (χ3v) is 4.99. The van der Waals surface area contributed by atoms with E-state index in [1.807, 2.05) is 4.90 Å². The number of halogens is 1. The number of benzene rings is 1. The third-order valence-electron chi connectivity index (χ3n) is 4.99. The molecule has 1 aliphatic heterocycles. The average Bonchev–Trinajstić information content (AvgIpc) is 3.03. The summed E-state index contributed by atoms with van der Waals surface area (Å²) in [7, 11) is 0. The van der Waals surface area contributed by atoms with Crippen LogP contribution in [-0.4, -0.2) is 65.7 Å². The van der Waals surface area contributed by atoms with E-state index in [1.165, 1.54) is 6.07 Å². The molecule has 1 heterocycles. The minimum Gasteiger partial charge on any atom is -0.490 e. The van der Waals surface area contributed by atoms with Crippen molar-refractivity contribution in [1.29, 1.82) is 0 Å². The minimum atomic E-state index is -0.409. The maximum Gasteiger partial charge on any atom is 0.226 e. The second-order valence-electron chi connectivity index (χ2n) is 6.51. The molecular formula is C18H25FN2O3. The van der Waals surface area contributed by atoms with E-state index < -0.39 is 5.82 Å². The highest BCUT2D eigenvalue weighted by Crippen LogP contribution is 2.25. The summed E-state index contributed by atoms with van der Waals surface area (Å²) in [6.45, 7) is 3.16. The predicted octanol–water partition coefficient (Wildman–Crippen LogP) is 1.65. The molecule has 0 radical (unpaired) electrons. The summed E-state index contributed by atoms with van der Waals surface area (Å²) in [4.78, 5) is 16.4. The van der Waals surface area contributed by atoms with E-state index in [-0.39, 0.29) is 36.8 Å². The Morgan fingerprint density at radius 1 is 1.21 bits per heavy atom. The van der Waals surface area contributed by atoms with Gasteiger partial charge in [-0.25, -0.2) is 4.39 Å². The van der Waals surface area contributed by atoms with Gasteiger partial charge in [-0.1, -0.05) is 12.1 Å². The highest BCUT2D eigenvalue weighted by atomic mass is 19.1. The first-order chi connectivity index (χ1) is 11.6. The van der Waals surface area contributed by atoms with Crippen LogP contribution < -0.4 is 4.74 Å². The molecule has 1 aromatic rings. The fourth-order valence-electron chi connectivity index (χ4n) is 3.62. The lowest BCUT2D eigenvalue weighted by molar-refractivity contribution is -0.134. The highest BCUT2D eigenvalue weighted by molar-refractivity contribution is 5.76. The van der Waals surface area contributed by atoms with E-state index in [9.17, 15) is 14.3 Å². The molecule has 1 N–H and O–H groups in total. The van der Waals surface area contributed by atoms with Crippen molar-refractivity contribution in [3.63, 3.8) is 0 Å². The van der Waals surface area contributed by atoms with Crippen LogP contribution in [0.1, 0.15) is 25.7 Å². The van der Waals surface area contributed by atoms with Gasteiger partial charge in [-0.3, -0.25) is 9.69 Å². The van der Waals surface area contributed by atoms with E-state index >= 15 is 0 Å². The molecule has 5 nitrogen and oxygen atoms in total. The first-order valence-electron chi connectivity index (χ1n) is 8.72. The number of rotatable bonds is 5. The molecular weight excluding hydrogens is 311 g/mol. The van der Waals surface area contributed by atoms with Crippen LogP contribution in [0, 0.1) is 5.82 Å². The van der Waals surface area contributed by atoms with Crippen molar-refractivity contribution in [2.75, 3.05) is 32.8 Å². The molecule has 0 bridgehead atoms. The second kappa shape index (κ2) is 7.94. The molecule has 2 aliphatic rings. The van der Waals surface area contributed by atoms with E-state index in [0.29, 0.717) is 13.1 Å². The van der Waals surface area contributed by atoms with E-state index in [2.05, 4.69) is 4.90 Å². The van der Waals surface area contributed by atoms with Crippen molar-refractivity contribution in [3.8, 4) is 5.75 Å². The van der Waals surface area contributed by atoms with Crippen LogP contribution >= 0.6 is 0 Å². The number of carbonyl (C=O) groups is 1. The molecule has 1 aromatic carbocycles. The predicted molar refractivity (Wildman–Crippen MR) is 88.3 cm³/mol. The quantitative estimate of drug-likeness (QED) is 0.888. The van der Waals surface area contributed by atoms with Crippen molar-refractivity contribution >= 4 is 5.91 Å². The lowest BCUT2D eigenvalue weighted by Gasteiger charge is -2.39. The number of amides is 1. The Labute approximate surface area is 142 Å². The van der Waals surface area contributed by atoms with E-state index in [4.69, 9.17) is 4.74 Å². The zero-order valence-electron chi connectivity index (χ0n) is 13.9. The first kappa shape index (κ1) is 17.2. The first-order valence-corrected chi connectivity index (χ1v) is 8.72. The summed E-state index contributed by atoms with van der Waals surface area (Å²) in [5.74, 6) is -0.183. The third kappa shape index (κ3) is 4.05.